The number of anilines is 1. The number of ether oxygens (including phenoxy) is 1. The SMILES string of the molecule is CC(C)(C)OC(=O)NCC1CCC(C(=O)N(c2ccc(-c3nn[nH]n3)cc2)[C@@H](Cc2cccc(Br)c2)C(N)=O)CC1. The maximum Gasteiger partial charge on any atom is 0.407 e. The summed E-state index contributed by atoms with van der Waals surface area (Å²) in [6, 6.07) is 13.8. The summed E-state index contributed by atoms with van der Waals surface area (Å²) >= 11 is 3.48. The van der Waals surface area contributed by atoms with E-state index in [1.165, 1.54) is 0 Å². The third-order valence-electron chi connectivity index (χ3n) is 7.07. The monoisotopic (exact) mass is 625 g/mol. The number of carbonyl (C=O) groups is 3. The smallest absolute Gasteiger partial charge is 0.407 e. The Kier molecular flexibility index (Phi) is 9.74. The number of primary amides is 1. The van der Waals surface area contributed by atoms with Crippen LogP contribution in [0.4, 0.5) is 10.5 Å². The molecule has 218 valence electrons. The number of hydrogen-bond acceptors (Lipinski definition) is 7. The molecule has 0 saturated heterocycles. The van der Waals surface area contributed by atoms with E-state index in [4.69, 9.17) is 10.5 Å². The molecule has 1 atom stereocenters. The summed E-state index contributed by atoms with van der Waals surface area (Å²) in [5.74, 6) is -0.351. The van der Waals surface area contributed by atoms with Crippen LogP contribution in [-0.4, -0.2) is 56.7 Å². The summed E-state index contributed by atoms with van der Waals surface area (Å²) in [5.41, 5.74) is 7.54. The molecular weight excluding hydrogens is 590 g/mol. The van der Waals surface area contributed by atoms with Gasteiger partial charge >= 0.3 is 6.09 Å². The molecule has 41 heavy (non-hydrogen) atoms. The van der Waals surface area contributed by atoms with Crippen molar-refractivity contribution in [1.29, 1.82) is 0 Å². The second kappa shape index (κ2) is 13.2. The topological polar surface area (TPSA) is 156 Å². The summed E-state index contributed by atoms with van der Waals surface area (Å²) in [5, 5.41) is 16.9. The molecule has 0 radical (unpaired) electrons. The molecule has 12 heteroatoms. The molecule has 0 unspecified atom stereocenters. The van der Waals surface area contributed by atoms with Crippen LogP contribution in [0, 0.1) is 11.8 Å². The Balaban J connectivity index is 1.52. The van der Waals surface area contributed by atoms with E-state index in [1.807, 2.05) is 45.0 Å². The first-order valence-corrected chi connectivity index (χ1v) is 14.5. The van der Waals surface area contributed by atoms with Crippen molar-refractivity contribution in [3.05, 3.63) is 58.6 Å². The average Bonchev–Trinajstić information content (AvgIpc) is 3.46. The minimum atomic E-state index is -0.889. The van der Waals surface area contributed by atoms with Gasteiger partial charge in [0.05, 0.1) is 0 Å². The maximum atomic E-state index is 14.1. The van der Waals surface area contributed by atoms with Crippen LogP contribution in [0.2, 0.25) is 0 Å². The highest BCUT2D eigenvalue weighted by atomic mass is 79.9. The third-order valence-corrected chi connectivity index (χ3v) is 7.57. The van der Waals surface area contributed by atoms with Gasteiger partial charge in [0, 0.05) is 34.6 Å². The normalized spacial score (nSPS) is 17.9. The first-order chi connectivity index (χ1) is 19.5. The molecule has 1 aromatic heterocycles. The molecule has 0 aliphatic heterocycles. The van der Waals surface area contributed by atoms with E-state index in [-0.39, 0.29) is 24.2 Å². The molecule has 4 N–H and O–H groups in total. The van der Waals surface area contributed by atoms with Gasteiger partial charge in [0.2, 0.25) is 17.6 Å². The Morgan fingerprint density at radius 1 is 1.12 bits per heavy atom. The van der Waals surface area contributed by atoms with E-state index in [2.05, 4.69) is 41.9 Å². The molecule has 0 spiro atoms. The van der Waals surface area contributed by atoms with Gasteiger partial charge in [-0.15, -0.1) is 10.2 Å². The van der Waals surface area contributed by atoms with Crippen molar-refractivity contribution in [3.8, 4) is 11.4 Å². The lowest BCUT2D eigenvalue weighted by Gasteiger charge is -2.36. The van der Waals surface area contributed by atoms with Crippen LogP contribution in [0.1, 0.15) is 52.0 Å². The fraction of sp³-hybridized carbons (Fsp3) is 0.448. The highest BCUT2D eigenvalue weighted by Gasteiger charge is 2.36. The zero-order valence-corrected chi connectivity index (χ0v) is 25.1. The third kappa shape index (κ3) is 8.35. The summed E-state index contributed by atoms with van der Waals surface area (Å²) < 4.78 is 6.21. The number of nitrogens with two attached hydrogens (primary N) is 1. The zero-order chi connectivity index (χ0) is 29.6. The molecule has 1 fully saturated rings. The largest absolute Gasteiger partial charge is 0.444 e. The highest BCUT2D eigenvalue weighted by molar-refractivity contribution is 9.10. The molecule has 3 aromatic rings. The number of carbonyl (C=O) groups excluding carboxylic acids is 3. The molecule has 4 rings (SSSR count). The standard InChI is InChI=1S/C29H36BrN7O4/c1-29(2,3)41-28(40)32-17-18-7-9-21(10-8-18)27(39)37(23-13-11-20(12-14-23)26-33-35-36-34-26)24(25(31)38)16-19-5-4-6-22(30)15-19/h4-6,11-15,18,21,24H,7-10,16-17H2,1-3H3,(H2,31,38)(H,32,40)(H,33,34,35,36)/t18?,21?,24-/m0/s1. The quantitative estimate of drug-likeness (QED) is 0.318. The Hall–Kier alpha value is -3.80. The van der Waals surface area contributed by atoms with E-state index in [9.17, 15) is 14.4 Å². The minimum absolute atomic E-state index is 0.144. The number of halogens is 1. The van der Waals surface area contributed by atoms with Crippen molar-refractivity contribution in [2.45, 2.75) is 64.5 Å². The first-order valence-electron chi connectivity index (χ1n) is 13.7. The lowest BCUT2D eigenvalue weighted by atomic mass is 9.81. The highest BCUT2D eigenvalue weighted by Crippen LogP contribution is 2.33. The van der Waals surface area contributed by atoms with Gasteiger partial charge in [0.15, 0.2) is 0 Å². The predicted octanol–water partition coefficient (Wildman–Crippen LogP) is 4.39. The van der Waals surface area contributed by atoms with Crippen LogP contribution in [0.25, 0.3) is 11.4 Å². The number of H-pyrrole nitrogens is 1. The van der Waals surface area contributed by atoms with Crippen molar-refractivity contribution in [3.63, 3.8) is 0 Å². The Labute approximate surface area is 247 Å². The number of aromatic nitrogens is 4. The van der Waals surface area contributed by atoms with Gasteiger partial charge in [-0.25, -0.2) is 4.79 Å². The van der Waals surface area contributed by atoms with E-state index in [1.54, 1.807) is 29.2 Å². The van der Waals surface area contributed by atoms with Gasteiger partial charge in [0.25, 0.3) is 0 Å². The van der Waals surface area contributed by atoms with Crippen LogP contribution in [-0.2, 0) is 20.7 Å². The second-order valence-electron chi connectivity index (χ2n) is 11.3. The van der Waals surface area contributed by atoms with E-state index < -0.39 is 23.6 Å². The van der Waals surface area contributed by atoms with Crippen molar-refractivity contribution in [2.24, 2.45) is 17.6 Å². The van der Waals surface area contributed by atoms with Gasteiger partial charge in [-0.1, -0.05) is 28.1 Å². The fourth-order valence-corrected chi connectivity index (χ4v) is 5.52. The van der Waals surface area contributed by atoms with Crippen LogP contribution in [0.3, 0.4) is 0 Å². The van der Waals surface area contributed by atoms with Crippen molar-refractivity contribution >= 4 is 39.5 Å². The second-order valence-corrected chi connectivity index (χ2v) is 12.3. The lowest BCUT2D eigenvalue weighted by molar-refractivity contribution is -0.127. The van der Waals surface area contributed by atoms with E-state index in [0.717, 1.165) is 28.4 Å². The first kappa shape index (κ1) is 30.2. The zero-order valence-electron chi connectivity index (χ0n) is 23.5. The van der Waals surface area contributed by atoms with Crippen molar-refractivity contribution < 1.29 is 19.1 Å². The number of tetrazole rings is 1. The predicted molar refractivity (Wildman–Crippen MR) is 158 cm³/mol. The van der Waals surface area contributed by atoms with Gasteiger partial charge in [-0.2, -0.15) is 5.21 Å². The molecule has 0 bridgehead atoms. The number of rotatable bonds is 9. The minimum Gasteiger partial charge on any atom is -0.444 e. The number of nitrogens with zero attached hydrogens (tertiary/aromatic N) is 4. The summed E-state index contributed by atoms with van der Waals surface area (Å²) in [6.07, 6.45) is 2.64. The fourth-order valence-electron chi connectivity index (χ4n) is 5.07. The molecule has 3 amide bonds. The number of amides is 3. The Morgan fingerprint density at radius 2 is 1.83 bits per heavy atom. The van der Waals surface area contributed by atoms with Crippen molar-refractivity contribution in [1.82, 2.24) is 25.9 Å². The number of alkyl carbamates (subject to hydrolysis) is 1. The van der Waals surface area contributed by atoms with E-state index >= 15 is 0 Å². The summed E-state index contributed by atoms with van der Waals surface area (Å²) in [4.78, 5) is 40.6. The maximum absolute atomic E-state index is 14.1. The van der Waals surface area contributed by atoms with Gasteiger partial charge in [0.1, 0.15) is 11.6 Å². The number of hydrogen-bond donors (Lipinski definition) is 3. The molecular formula is C29H36BrN7O4. The van der Waals surface area contributed by atoms with Crippen LogP contribution in [0.5, 0.6) is 0 Å². The van der Waals surface area contributed by atoms with Crippen molar-refractivity contribution in [2.75, 3.05) is 11.4 Å². The van der Waals surface area contributed by atoms with Gasteiger partial charge in [-0.3, -0.25) is 14.5 Å². The van der Waals surface area contributed by atoms with Gasteiger partial charge < -0.3 is 15.8 Å². The number of aromatic amines is 1. The summed E-state index contributed by atoms with van der Waals surface area (Å²) in [7, 11) is 0. The van der Waals surface area contributed by atoms with Crippen LogP contribution in [0.15, 0.2) is 53.0 Å². The molecule has 1 aliphatic carbocycles. The average molecular weight is 627 g/mol. The molecule has 1 heterocycles. The van der Waals surface area contributed by atoms with Gasteiger partial charge in [-0.05, 0) is 99.5 Å². The molecule has 1 saturated carbocycles. The Bertz CT molecular complexity index is 1330. The molecule has 2 aromatic carbocycles. The van der Waals surface area contributed by atoms with E-state index in [0.29, 0.717) is 30.9 Å². The Morgan fingerprint density at radius 3 is 2.41 bits per heavy atom. The van der Waals surface area contributed by atoms with Crippen LogP contribution < -0.4 is 16.0 Å². The molecule has 1 aliphatic rings. The lowest BCUT2D eigenvalue weighted by Crippen LogP contribution is -2.52. The number of benzene rings is 2. The van der Waals surface area contributed by atoms with Crippen LogP contribution >= 0.6 is 15.9 Å². The number of nitrogens with one attached hydrogen (secondary N) is 2. The summed E-state index contributed by atoms with van der Waals surface area (Å²) in [6.45, 7) is 5.96. The molecule has 11 nitrogen and oxygen atoms in total.